The van der Waals surface area contributed by atoms with Gasteiger partial charge >= 0.3 is 0 Å². The van der Waals surface area contributed by atoms with E-state index in [1.54, 1.807) is 19.1 Å². The average molecular weight is 218 g/mol. The van der Waals surface area contributed by atoms with Gasteiger partial charge in [0.25, 0.3) is 0 Å². The number of hydrogen-bond donors (Lipinski definition) is 0. The van der Waals surface area contributed by atoms with E-state index in [2.05, 4.69) is 18.8 Å². The van der Waals surface area contributed by atoms with Crippen LogP contribution in [0.5, 0.6) is 0 Å². The van der Waals surface area contributed by atoms with E-state index in [1.807, 2.05) is 0 Å². The standard InChI is InChI=1S/C15H19F/c1-3-4-5-6-7-8-9-14-10-11-15(16)13(2)12-14/h10-12H,3-7H2,1-2H3. The summed E-state index contributed by atoms with van der Waals surface area (Å²) in [6.07, 6.45) is 5.91. The van der Waals surface area contributed by atoms with Gasteiger partial charge in [0.1, 0.15) is 5.82 Å². The lowest BCUT2D eigenvalue weighted by molar-refractivity contribution is 0.618. The Balaban J connectivity index is 2.41. The number of hydrogen-bond acceptors (Lipinski definition) is 0. The van der Waals surface area contributed by atoms with Crippen molar-refractivity contribution >= 4 is 0 Å². The normalized spacial score (nSPS) is 9.69. The second-order valence-electron chi connectivity index (χ2n) is 4.08. The quantitative estimate of drug-likeness (QED) is 0.517. The molecule has 0 unspecified atom stereocenters. The van der Waals surface area contributed by atoms with Gasteiger partial charge < -0.3 is 0 Å². The fraction of sp³-hybridized carbons (Fsp3) is 0.467. The van der Waals surface area contributed by atoms with Crippen LogP contribution in [0, 0.1) is 24.6 Å². The summed E-state index contributed by atoms with van der Waals surface area (Å²) in [5.74, 6) is 6.05. The molecule has 0 aromatic heterocycles. The first-order valence-corrected chi connectivity index (χ1v) is 5.99. The highest BCUT2D eigenvalue weighted by atomic mass is 19.1. The zero-order chi connectivity index (χ0) is 11.8. The van der Waals surface area contributed by atoms with E-state index in [9.17, 15) is 4.39 Å². The van der Waals surface area contributed by atoms with E-state index >= 15 is 0 Å². The molecule has 0 spiro atoms. The van der Waals surface area contributed by atoms with Crippen LogP contribution in [0.2, 0.25) is 0 Å². The van der Waals surface area contributed by atoms with Crippen molar-refractivity contribution in [2.24, 2.45) is 0 Å². The molecule has 0 amide bonds. The lowest BCUT2D eigenvalue weighted by atomic mass is 10.1. The van der Waals surface area contributed by atoms with Gasteiger partial charge in [-0.3, -0.25) is 0 Å². The number of aryl methyl sites for hydroxylation is 1. The maximum atomic E-state index is 13.0. The number of unbranched alkanes of at least 4 members (excludes halogenated alkanes) is 4. The van der Waals surface area contributed by atoms with Crippen LogP contribution in [-0.4, -0.2) is 0 Å². The van der Waals surface area contributed by atoms with E-state index in [4.69, 9.17) is 0 Å². The minimum atomic E-state index is -0.159. The van der Waals surface area contributed by atoms with E-state index in [0.29, 0.717) is 5.56 Å². The topological polar surface area (TPSA) is 0 Å². The number of rotatable bonds is 4. The molecule has 0 nitrogen and oxygen atoms in total. The van der Waals surface area contributed by atoms with Gasteiger partial charge in [-0.25, -0.2) is 4.39 Å². The number of halogens is 1. The summed E-state index contributed by atoms with van der Waals surface area (Å²) in [5, 5.41) is 0. The summed E-state index contributed by atoms with van der Waals surface area (Å²) >= 11 is 0. The predicted octanol–water partition coefficient (Wildman–Crippen LogP) is 4.46. The largest absolute Gasteiger partial charge is 0.207 e. The van der Waals surface area contributed by atoms with Crippen LogP contribution in [0.4, 0.5) is 4.39 Å². The molecular formula is C15H19F. The van der Waals surface area contributed by atoms with Crippen LogP contribution in [0.3, 0.4) is 0 Å². The van der Waals surface area contributed by atoms with Gasteiger partial charge in [-0.2, -0.15) is 0 Å². The third-order valence-electron chi connectivity index (χ3n) is 2.55. The molecule has 1 rings (SSSR count). The van der Waals surface area contributed by atoms with E-state index in [-0.39, 0.29) is 5.82 Å². The van der Waals surface area contributed by atoms with Crippen molar-refractivity contribution < 1.29 is 4.39 Å². The van der Waals surface area contributed by atoms with E-state index < -0.39 is 0 Å². The molecule has 0 aliphatic heterocycles. The smallest absolute Gasteiger partial charge is 0.126 e. The van der Waals surface area contributed by atoms with Gasteiger partial charge in [-0.1, -0.05) is 38.0 Å². The Morgan fingerprint density at radius 2 is 2.00 bits per heavy atom. The molecule has 0 heterocycles. The molecule has 0 atom stereocenters. The lowest BCUT2D eigenvalue weighted by Crippen LogP contribution is -1.83. The van der Waals surface area contributed by atoms with Gasteiger partial charge in [0.05, 0.1) is 0 Å². The monoisotopic (exact) mass is 218 g/mol. The summed E-state index contributed by atoms with van der Waals surface area (Å²) in [4.78, 5) is 0. The zero-order valence-corrected chi connectivity index (χ0v) is 10.1. The SMILES string of the molecule is CCCCCCC#Cc1ccc(F)c(C)c1. The van der Waals surface area contributed by atoms with Gasteiger partial charge in [-0.15, -0.1) is 0 Å². The molecular weight excluding hydrogens is 199 g/mol. The van der Waals surface area contributed by atoms with Crippen LogP contribution in [0.15, 0.2) is 18.2 Å². The molecule has 1 aromatic rings. The average Bonchev–Trinajstić information content (AvgIpc) is 2.28. The van der Waals surface area contributed by atoms with Crippen LogP contribution < -0.4 is 0 Å². The first-order valence-electron chi connectivity index (χ1n) is 5.99. The minimum absolute atomic E-state index is 0.159. The molecule has 0 bridgehead atoms. The minimum Gasteiger partial charge on any atom is -0.207 e. The van der Waals surface area contributed by atoms with Crippen LogP contribution in [0.25, 0.3) is 0 Å². The van der Waals surface area contributed by atoms with Crippen molar-refractivity contribution in [1.82, 2.24) is 0 Å². The Labute approximate surface area is 97.9 Å². The fourth-order valence-electron chi connectivity index (χ4n) is 1.53. The second kappa shape index (κ2) is 7.06. The van der Waals surface area contributed by atoms with Crippen molar-refractivity contribution in [2.75, 3.05) is 0 Å². The molecule has 0 aliphatic rings. The Morgan fingerprint density at radius 3 is 2.69 bits per heavy atom. The van der Waals surface area contributed by atoms with Crippen LogP contribution in [0.1, 0.15) is 50.2 Å². The Kier molecular flexibility index (Phi) is 5.64. The maximum absolute atomic E-state index is 13.0. The van der Waals surface area contributed by atoms with Crippen LogP contribution in [-0.2, 0) is 0 Å². The van der Waals surface area contributed by atoms with Crippen molar-refractivity contribution in [1.29, 1.82) is 0 Å². The van der Waals surface area contributed by atoms with Gasteiger partial charge in [0, 0.05) is 12.0 Å². The molecule has 0 aliphatic carbocycles. The molecule has 0 saturated heterocycles. The predicted molar refractivity (Wildman–Crippen MR) is 66.8 cm³/mol. The third-order valence-corrected chi connectivity index (χ3v) is 2.55. The first kappa shape index (κ1) is 12.8. The summed E-state index contributed by atoms with van der Waals surface area (Å²) in [6, 6.07) is 5.02. The Hall–Kier alpha value is -1.29. The van der Waals surface area contributed by atoms with Crippen molar-refractivity contribution in [2.45, 2.75) is 46.0 Å². The van der Waals surface area contributed by atoms with Crippen molar-refractivity contribution in [3.05, 3.63) is 35.1 Å². The molecule has 0 saturated carbocycles. The molecule has 0 radical (unpaired) electrons. The van der Waals surface area contributed by atoms with Gasteiger partial charge in [0.15, 0.2) is 0 Å². The molecule has 0 N–H and O–H groups in total. The van der Waals surface area contributed by atoms with Crippen molar-refractivity contribution in [3.8, 4) is 11.8 Å². The lowest BCUT2D eigenvalue weighted by Gasteiger charge is -1.96. The fourth-order valence-corrected chi connectivity index (χ4v) is 1.53. The summed E-state index contributed by atoms with van der Waals surface area (Å²) in [5.41, 5.74) is 1.58. The summed E-state index contributed by atoms with van der Waals surface area (Å²) in [7, 11) is 0. The van der Waals surface area contributed by atoms with Gasteiger partial charge in [0.2, 0.25) is 0 Å². The first-order chi connectivity index (χ1) is 7.74. The highest BCUT2D eigenvalue weighted by Crippen LogP contribution is 2.08. The molecule has 16 heavy (non-hydrogen) atoms. The summed E-state index contributed by atoms with van der Waals surface area (Å²) in [6.45, 7) is 3.97. The zero-order valence-electron chi connectivity index (χ0n) is 10.1. The third kappa shape index (κ3) is 4.49. The highest BCUT2D eigenvalue weighted by Gasteiger charge is 1.95. The van der Waals surface area contributed by atoms with Crippen LogP contribution >= 0.6 is 0 Å². The van der Waals surface area contributed by atoms with E-state index in [0.717, 1.165) is 12.0 Å². The molecule has 1 aromatic carbocycles. The van der Waals surface area contributed by atoms with Gasteiger partial charge in [-0.05, 0) is 37.1 Å². The maximum Gasteiger partial charge on any atom is 0.126 e. The second-order valence-corrected chi connectivity index (χ2v) is 4.08. The summed E-state index contributed by atoms with van der Waals surface area (Å²) < 4.78 is 13.0. The Morgan fingerprint density at radius 1 is 1.19 bits per heavy atom. The highest BCUT2D eigenvalue weighted by molar-refractivity contribution is 5.37. The molecule has 86 valence electrons. The van der Waals surface area contributed by atoms with Crippen molar-refractivity contribution in [3.63, 3.8) is 0 Å². The Bertz CT molecular complexity index is 382. The van der Waals surface area contributed by atoms with E-state index in [1.165, 1.54) is 31.7 Å². The molecule has 1 heteroatoms. The molecule has 0 fully saturated rings. The number of benzene rings is 1.